The molecule has 0 radical (unpaired) electrons. The highest BCUT2D eigenvalue weighted by atomic mass is 127. The quantitative estimate of drug-likeness (QED) is 0.253. The molecule has 4 nitrogen and oxygen atoms in total. The van der Waals surface area contributed by atoms with Crippen molar-refractivity contribution in [3.05, 3.63) is 30.3 Å². The number of nitrogens with zero attached hydrogens (tertiary/aromatic N) is 1. The molecule has 6 heteroatoms. The van der Waals surface area contributed by atoms with Crippen molar-refractivity contribution in [2.75, 3.05) is 26.2 Å². The van der Waals surface area contributed by atoms with Crippen LogP contribution in [-0.4, -0.2) is 42.6 Å². The Kier molecular flexibility index (Phi) is 12.7. The molecule has 0 spiro atoms. The molecule has 0 heterocycles. The van der Waals surface area contributed by atoms with E-state index in [0.29, 0.717) is 11.8 Å². The highest BCUT2D eigenvalue weighted by Gasteiger charge is 2.06. The van der Waals surface area contributed by atoms with Crippen LogP contribution in [0.1, 0.15) is 20.8 Å². The first-order valence-corrected chi connectivity index (χ1v) is 8.38. The maximum Gasteiger partial charge on any atom is 0.191 e. The number of nitrogens with one attached hydrogen (secondary N) is 2. The molecule has 1 aromatic rings. The summed E-state index contributed by atoms with van der Waals surface area (Å²) in [6, 6.07) is 10.4. The van der Waals surface area contributed by atoms with Crippen molar-refractivity contribution >= 4 is 41.7 Å². The Balaban J connectivity index is 0.00000441. The van der Waals surface area contributed by atoms with Crippen LogP contribution in [0.3, 0.4) is 0 Å². The lowest BCUT2D eigenvalue weighted by Crippen LogP contribution is -2.40. The number of aliphatic hydroxyl groups excluding tert-OH is 1. The average molecular weight is 437 g/mol. The average Bonchev–Trinajstić information content (AvgIpc) is 2.50. The van der Waals surface area contributed by atoms with E-state index in [1.807, 2.05) is 24.8 Å². The van der Waals surface area contributed by atoms with E-state index in [-0.39, 0.29) is 36.5 Å². The minimum atomic E-state index is 0. The Morgan fingerprint density at radius 1 is 1.23 bits per heavy atom. The van der Waals surface area contributed by atoms with Gasteiger partial charge in [-0.1, -0.05) is 32.0 Å². The first kappa shape index (κ1) is 21.5. The summed E-state index contributed by atoms with van der Waals surface area (Å²) in [6.07, 6.45) is 0. The highest BCUT2D eigenvalue weighted by molar-refractivity contribution is 14.0. The molecule has 0 fully saturated rings. The molecule has 1 rings (SSSR count). The van der Waals surface area contributed by atoms with E-state index in [9.17, 15) is 0 Å². The zero-order valence-corrected chi connectivity index (χ0v) is 16.7. The molecule has 22 heavy (non-hydrogen) atoms. The third-order valence-corrected chi connectivity index (χ3v) is 3.97. The number of hydrogen-bond donors (Lipinski definition) is 3. The maximum absolute atomic E-state index is 9.05. The van der Waals surface area contributed by atoms with Crippen molar-refractivity contribution in [3.8, 4) is 0 Å². The second kappa shape index (κ2) is 13.0. The summed E-state index contributed by atoms with van der Waals surface area (Å²) < 4.78 is 0. The summed E-state index contributed by atoms with van der Waals surface area (Å²) in [5, 5.41) is 16.1. The zero-order chi connectivity index (χ0) is 15.5. The van der Waals surface area contributed by atoms with Crippen molar-refractivity contribution in [3.63, 3.8) is 0 Å². The molecule has 0 bridgehead atoms. The fourth-order valence-electron chi connectivity index (χ4n) is 1.66. The molecule has 0 aliphatic heterocycles. The van der Waals surface area contributed by atoms with E-state index < -0.39 is 0 Å². The Labute approximate surface area is 155 Å². The van der Waals surface area contributed by atoms with E-state index in [1.54, 1.807) is 0 Å². The highest BCUT2D eigenvalue weighted by Crippen LogP contribution is 2.21. The van der Waals surface area contributed by atoms with Crippen molar-refractivity contribution in [2.45, 2.75) is 30.9 Å². The van der Waals surface area contributed by atoms with Crippen LogP contribution in [0.4, 0.5) is 0 Å². The molecule has 0 aromatic heterocycles. The third kappa shape index (κ3) is 9.53. The molecule has 2 atom stereocenters. The number of thioether (sulfide) groups is 1. The van der Waals surface area contributed by atoms with Gasteiger partial charge in [-0.25, -0.2) is 0 Å². The van der Waals surface area contributed by atoms with Gasteiger partial charge in [-0.3, -0.25) is 4.99 Å². The van der Waals surface area contributed by atoms with Crippen LogP contribution < -0.4 is 10.6 Å². The molecule has 126 valence electrons. The van der Waals surface area contributed by atoms with E-state index in [1.165, 1.54) is 4.90 Å². The van der Waals surface area contributed by atoms with Gasteiger partial charge in [0.05, 0.1) is 0 Å². The van der Waals surface area contributed by atoms with E-state index >= 15 is 0 Å². The SMILES string of the molecule is CCNC(=NCC(C)CO)NCC(C)Sc1ccccc1.I. The molecule has 3 N–H and O–H groups in total. The monoisotopic (exact) mass is 437 g/mol. The zero-order valence-electron chi connectivity index (χ0n) is 13.6. The van der Waals surface area contributed by atoms with Crippen LogP contribution >= 0.6 is 35.7 Å². The second-order valence-corrected chi connectivity index (χ2v) is 6.64. The third-order valence-electron chi connectivity index (χ3n) is 2.85. The first-order chi connectivity index (χ1) is 10.2. The van der Waals surface area contributed by atoms with Gasteiger partial charge >= 0.3 is 0 Å². The lowest BCUT2D eigenvalue weighted by molar-refractivity contribution is 0.241. The summed E-state index contributed by atoms with van der Waals surface area (Å²) in [5.41, 5.74) is 0. The molecular weight excluding hydrogens is 409 g/mol. The Bertz CT molecular complexity index is 417. The summed E-state index contributed by atoms with van der Waals surface area (Å²) >= 11 is 1.85. The predicted octanol–water partition coefficient (Wildman–Crippen LogP) is 2.97. The van der Waals surface area contributed by atoms with E-state index in [4.69, 9.17) is 5.11 Å². The number of aliphatic imine (C=N–C) groups is 1. The van der Waals surface area contributed by atoms with Gasteiger partial charge in [0.25, 0.3) is 0 Å². The topological polar surface area (TPSA) is 56.7 Å². The van der Waals surface area contributed by atoms with Crippen LogP contribution in [0.25, 0.3) is 0 Å². The van der Waals surface area contributed by atoms with Gasteiger partial charge in [-0.05, 0) is 25.0 Å². The van der Waals surface area contributed by atoms with Crippen LogP contribution in [-0.2, 0) is 0 Å². The second-order valence-electron chi connectivity index (χ2n) is 5.13. The van der Waals surface area contributed by atoms with Gasteiger partial charge in [0.15, 0.2) is 5.96 Å². The van der Waals surface area contributed by atoms with E-state index in [2.05, 4.69) is 53.7 Å². The van der Waals surface area contributed by atoms with Crippen LogP contribution in [0, 0.1) is 5.92 Å². The number of benzene rings is 1. The summed E-state index contributed by atoms with van der Waals surface area (Å²) in [4.78, 5) is 5.77. The van der Waals surface area contributed by atoms with Gasteiger partial charge in [0, 0.05) is 36.4 Å². The number of aliphatic hydroxyl groups is 1. The van der Waals surface area contributed by atoms with E-state index in [0.717, 1.165) is 19.0 Å². The Hall–Kier alpha value is -0.470. The number of guanidine groups is 1. The number of halogens is 1. The van der Waals surface area contributed by atoms with Crippen LogP contribution in [0.5, 0.6) is 0 Å². The fraction of sp³-hybridized carbons (Fsp3) is 0.562. The largest absolute Gasteiger partial charge is 0.396 e. The number of hydrogen-bond acceptors (Lipinski definition) is 3. The minimum Gasteiger partial charge on any atom is -0.396 e. The Morgan fingerprint density at radius 3 is 2.50 bits per heavy atom. The fourth-order valence-corrected chi connectivity index (χ4v) is 2.61. The Morgan fingerprint density at radius 2 is 1.91 bits per heavy atom. The lowest BCUT2D eigenvalue weighted by atomic mass is 10.2. The van der Waals surface area contributed by atoms with Gasteiger partial charge in [-0.2, -0.15) is 0 Å². The lowest BCUT2D eigenvalue weighted by Gasteiger charge is -2.16. The molecule has 0 saturated heterocycles. The minimum absolute atomic E-state index is 0. The van der Waals surface area contributed by atoms with Gasteiger partial charge in [0.1, 0.15) is 0 Å². The maximum atomic E-state index is 9.05. The molecule has 1 aromatic carbocycles. The van der Waals surface area contributed by atoms with Crippen molar-refractivity contribution in [1.29, 1.82) is 0 Å². The molecule has 0 saturated carbocycles. The van der Waals surface area contributed by atoms with Crippen LogP contribution in [0.15, 0.2) is 40.2 Å². The van der Waals surface area contributed by atoms with Gasteiger partial charge < -0.3 is 15.7 Å². The normalized spacial score (nSPS) is 13.9. The van der Waals surface area contributed by atoms with Gasteiger partial charge in [0.2, 0.25) is 0 Å². The van der Waals surface area contributed by atoms with Crippen molar-refractivity contribution < 1.29 is 5.11 Å². The molecule has 0 aliphatic rings. The summed E-state index contributed by atoms with van der Waals surface area (Å²) in [5.74, 6) is 1.01. The first-order valence-electron chi connectivity index (χ1n) is 7.50. The van der Waals surface area contributed by atoms with Crippen LogP contribution in [0.2, 0.25) is 0 Å². The molecule has 2 unspecified atom stereocenters. The standard InChI is InChI=1S/C16H27N3OS.HI/c1-4-17-16(18-10-13(2)12-20)19-11-14(3)21-15-8-6-5-7-9-15;/h5-9,13-14,20H,4,10-12H2,1-3H3,(H2,17,18,19);1H. The molecule has 0 aliphatic carbocycles. The molecular formula is C16H28IN3OS. The predicted molar refractivity (Wildman–Crippen MR) is 107 cm³/mol. The number of rotatable bonds is 8. The molecule has 0 amide bonds. The summed E-state index contributed by atoms with van der Waals surface area (Å²) in [7, 11) is 0. The van der Waals surface area contributed by atoms with Crippen molar-refractivity contribution in [2.24, 2.45) is 10.9 Å². The smallest absolute Gasteiger partial charge is 0.191 e. The van der Waals surface area contributed by atoms with Crippen molar-refractivity contribution in [1.82, 2.24) is 10.6 Å². The summed E-state index contributed by atoms with van der Waals surface area (Å²) in [6.45, 7) is 8.72. The van der Waals surface area contributed by atoms with Gasteiger partial charge in [-0.15, -0.1) is 35.7 Å².